The molecule has 1 aliphatic carbocycles. The average Bonchev–Trinajstić information content (AvgIpc) is 3.64. The van der Waals surface area contributed by atoms with Crippen LogP contribution in [-0.2, 0) is 25.3 Å². The summed E-state index contributed by atoms with van der Waals surface area (Å²) in [6, 6.07) is 14.8. The fraction of sp³-hybridized carbons (Fsp3) is 0.371. The van der Waals surface area contributed by atoms with E-state index in [2.05, 4.69) is 98.6 Å². The Bertz CT molecular complexity index is 1720. The summed E-state index contributed by atoms with van der Waals surface area (Å²) in [5, 5.41) is 2.46. The molecule has 1 aliphatic rings. The Labute approximate surface area is 243 Å². The lowest BCUT2D eigenvalue weighted by Crippen LogP contribution is -2.09. The molecule has 6 nitrogen and oxygen atoms in total. The van der Waals surface area contributed by atoms with Crippen LogP contribution in [0, 0.1) is 0 Å². The highest BCUT2D eigenvalue weighted by Gasteiger charge is 2.26. The van der Waals surface area contributed by atoms with Gasteiger partial charge in [-0.1, -0.05) is 33.8 Å². The molecule has 0 amide bonds. The Morgan fingerprint density at radius 2 is 1.51 bits per heavy atom. The van der Waals surface area contributed by atoms with Crippen LogP contribution < -0.4 is 5.73 Å². The number of hydrogen-bond donors (Lipinski definition) is 1. The van der Waals surface area contributed by atoms with Gasteiger partial charge in [0.05, 0.1) is 29.4 Å². The quantitative estimate of drug-likeness (QED) is 0.173. The van der Waals surface area contributed by atoms with E-state index in [4.69, 9.17) is 10.5 Å². The van der Waals surface area contributed by atoms with E-state index < -0.39 is 0 Å². The number of carbonyl (C=O) groups is 1. The van der Waals surface area contributed by atoms with E-state index in [0.29, 0.717) is 29.7 Å². The number of carbonyl (C=O) groups excluding carboxylic acids is 1. The molecule has 1 fully saturated rings. The Kier molecular flexibility index (Phi) is 7.94. The maximum absolute atomic E-state index is 12.3. The third-order valence-electron chi connectivity index (χ3n) is 8.14. The van der Waals surface area contributed by atoms with Crippen LogP contribution >= 0.6 is 0 Å². The van der Waals surface area contributed by atoms with Gasteiger partial charge in [-0.05, 0) is 89.2 Å². The molecule has 0 radical (unpaired) electrons. The number of rotatable bonds is 6. The van der Waals surface area contributed by atoms with Crippen LogP contribution in [0.4, 0.5) is 5.69 Å². The van der Waals surface area contributed by atoms with E-state index >= 15 is 0 Å². The average molecular weight is 551 g/mol. The van der Waals surface area contributed by atoms with Crippen LogP contribution in [0.25, 0.3) is 21.8 Å². The number of pyridine rings is 1. The molecule has 0 spiro atoms. The predicted octanol–water partition coefficient (Wildman–Crippen LogP) is 7.84. The number of methoxy groups -OCH3 is 1. The molecule has 6 heteroatoms. The fourth-order valence-electron chi connectivity index (χ4n) is 5.80. The lowest BCUT2D eigenvalue weighted by atomic mass is 9.94. The smallest absolute Gasteiger partial charge is 0.339 e. The topological polar surface area (TPSA) is 75.1 Å². The first-order chi connectivity index (χ1) is 19.6. The molecule has 2 N–H and O–H groups in total. The van der Waals surface area contributed by atoms with E-state index in [-0.39, 0.29) is 5.97 Å². The minimum absolute atomic E-state index is 0.301. The summed E-state index contributed by atoms with van der Waals surface area (Å²) in [4.78, 5) is 17.0. The number of nitrogens with zero attached hydrogens (tertiary/aromatic N) is 3. The second-order valence-electron chi connectivity index (χ2n) is 12.0. The molecule has 2 aromatic carbocycles. The van der Waals surface area contributed by atoms with Crippen molar-refractivity contribution in [1.82, 2.24) is 14.1 Å². The highest BCUT2D eigenvalue weighted by molar-refractivity contribution is 5.91. The molecule has 3 heterocycles. The van der Waals surface area contributed by atoms with Crippen LogP contribution in [0.3, 0.4) is 0 Å². The number of benzene rings is 2. The van der Waals surface area contributed by atoms with Gasteiger partial charge in [-0.25, -0.2) is 4.79 Å². The summed E-state index contributed by atoms with van der Waals surface area (Å²) in [6.45, 7) is 8.82. The fourth-order valence-corrected chi connectivity index (χ4v) is 5.80. The second kappa shape index (κ2) is 11.4. The van der Waals surface area contributed by atoms with Crippen molar-refractivity contribution >= 4 is 33.5 Å². The lowest BCUT2D eigenvalue weighted by Gasteiger charge is -2.14. The van der Waals surface area contributed by atoms with Gasteiger partial charge in [0.15, 0.2) is 0 Å². The number of nitrogen functional groups attached to an aromatic ring is 1. The van der Waals surface area contributed by atoms with Crippen molar-refractivity contribution in [2.24, 2.45) is 14.1 Å². The largest absolute Gasteiger partial charge is 0.465 e. The van der Waals surface area contributed by atoms with Crippen molar-refractivity contribution in [3.05, 3.63) is 94.6 Å². The summed E-state index contributed by atoms with van der Waals surface area (Å²) < 4.78 is 9.36. The molecule has 0 bridgehead atoms. The summed E-state index contributed by atoms with van der Waals surface area (Å²) in [7, 11) is 5.59. The molecular weight excluding hydrogens is 508 g/mol. The predicted molar refractivity (Wildman–Crippen MR) is 169 cm³/mol. The van der Waals surface area contributed by atoms with Crippen LogP contribution in [0.2, 0.25) is 0 Å². The first-order valence-corrected chi connectivity index (χ1v) is 14.6. The Morgan fingerprint density at radius 3 is 2.07 bits per heavy atom. The number of hydrogen-bond acceptors (Lipinski definition) is 4. The zero-order valence-corrected chi connectivity index (χ0v) is 25.4. The summed E-state index contributed by atoms with van der Waals surface area (Å²) in [6.07, 6.45) is 9.11. The molecule has 1 saturated carbocycles. The van der Waals surface area contributed by atoms with E-state index in [1.54, 1.807) is 0 Å². The standard InChI is InChI=1S/C23H26N2O2.C12H16N2/c1-14(2)19-10-15(9-17-7-8-25(3)22(17)19)11-21-20(23(26)27-4)12-18(13-24-21)16-5-6-16;1-8(2)11-7-10(13)6-9-4-5-14(3)12(9)11/h7-10,12-14,16H,5-6,11H2,1-4H3;4-8H,13H2,1-3H3. The highest BCUT2D eigenvalue weighted by Crippen LogP contribution is 2.40. The van der Waals surface area contributed by atoms with E-state index in [9.17, 15) is 4.79 Å². The Hall–Kier alpha value is -4.06. The Balaban J connectivity index is 0.000000202. The van der Waals surface area contributed by atoms with Crippen molar-refractivity contribution < 1.29 is 9.53 Å². The van der Waals surface area contributed by atoms with Gasteiger partial charge in [0.1, 0.15) is 0 Å². The number of ether oxygens (including phenoxy) is 1. The van der Waals surface area contributed by atoms with Gasteiger partial charge in [-0.15, -0.1) is 0 Å². The van der Waals surface area contributed by atoms with Crippen molar-refractivity contribution in [1.29, 1.82) is 0 Å². The number of fused-ring (bicyclic) bond motifs is 2. The zero-order chi connectivity index (χ0) is 29.4. The summed E-state index contributed by atoms with van der Waals surface area (Å²) >= 11 is 0. The molecule has 0 aliphatic heterocycles. The maximum atomic E-state index is 12.3. The van der Waals surface area contributed by atoms with Crippen molar-refractivity contribution in [2.75, 3.05) is 12.8 Å². The van der Waals surface area contributed by atoms with Gasteiger partial charge in [-0.3, -0.25) is 4.98 Å². The molecule has 0 saturated heterocycles. The molecule has 3 aromatic heterocycles. The van der Waals surface area contributed by atoms with Crippen LogP contribution in [-0.4, -0.2) is 27.2 Å². The van der Waals surface area contributed by atoms with Gasteiger partial charge in [0, 0.05) is 55.6 Å². The van der Waals surface area contributed by atoms with Crippen LogP contribution in [0.15, 0.2) is 61.1 Å². The SMILES string of the molecule is CC(C)c1cc(N)cc2ccn(C)c12.COC(=O)c1cc(C2CC2)cnc1Cc1cc(C(C)C)c2c(ccn2C)c1. The van der Waals surface area contributed by atoms with Crippen LogP contribution in [0.1, 0.15) is 96.6 Å². The monoisotopic (exact) mass is 550 g/mol. The van der Waals surface area contributed by atoms with Crippen molar-refractivity contribution in [3.63, 3.8) is 0 Å². The molecule has 6 rings (SSSR count). The number of esters is 1. The molecule has 0 unspecified atom stereocenters. The molecule has 0 atom stereocenters. The minimum Gasteiger partial charge on any atom is -0.465 e. The van der Waals surface area contributed by atoms with Crippen molar-refractivity contribution in [2.45, 2.75) is 64.7 Å². The molecular formula is C35H42N4O2. The van der Waals surface area contributed by atoms with E-state index in [1.807, 2.05) is 18.3 Å². The zero-order valence-electron chi connectivity index (χ0n) is 25.4. The summed E-state index contributed by atoms with van der Waals surface area (Å²) in [5.41, 5.74) is 15.7. The Morgan fingerprint density at radius 1 is 0.927 bits per heavy atom. The number of aryl methyl sites for hydroxylation is 2. The van der Waals surface area contributed by atoms with Crippen LogP contribution in [0.5, 0.6) is 0 Å². The number of nitrogens with two attached hydrogens (primary N) is 1. The van der Waals surface area contributed by atoms with E-state index in [0.717, 1.165) is 16.9 Å². The van der Waals surface area contributed by atoms with Gasteiger partial charge < -0.3 is 19.6 Å². The van der Waals surface area contributed by atoms with Gasteiger partial charge >= 0.3 is 5.97 Å². The third kappa shape index (κ3) is 5.88. The summed E-state index contributed by atoms with van der Waals surface area (Å²) in [5.74, 6) is 1.19. The number of anilines is 1. The third-order valence-corrected chi connectivity index (χ3v) is 8.14. The first kappa shape index (κ1) is 28.5. The minimum atomic E-state index is -0.301. The normalized spacial score (nSPS) is 13.2. The molecule has 5 aromatic rings. The molecule has 214 valence electrons. The molecule has 41 heavy (non-hydrogen) atoms. The lowest BCUT2D eigenvalue weighted by molar-refractivity contribution is 0.0599. The van der Waals surface area contributed by atoms with E-state index in [1.165, 1.54) is 58.4 Å². The number of aromatic nitrogens is 3. The van der Waals surface area contributed by atoms with Gasteiger partial charge in [0.25, 0.3) is 0 Å². The van der Waals surface area contributed by atoms with Crippen molar-refractivity contribution in [3.8, 4) is 0 Å². The first-order valence-electron chi connectivity index (χ1n) is 14.6. The highest BCUT2D eigenvalue weighted by atomic mass is 16.5. The van der Waals surface area contributed by atoms with Gasteiger partial charge in [0.2, 0.25) is 0 Å². The second-order valence-corrected chi connectivity index (χ2v) is 12.0. The van der Waals surface area contributed by atoms with Gasteiger partial charge in [-0.2, -0.15) is 0 Å². The maximum Gasteiger partial charge on any atom is 0.339 e.